The van der Waals surface area contributed by atoms with Crippen molar-refractivity contribution in [3.63, 3.8) is 0 Å². The molecule has 0 amide bonds. The van der Waals surface area contributed by atoms with Gasteiger partial charge in [-0.3, -0.25) is 14.4 Å². The van der Waals surface area contributed by atoms with Crippen LogP contribution in [0.2, 0.25) is 0 Å². The Balaban J connectivity index is 1.30. The highest BCUT2D eigenvalue weighted by molar-refractivity contribution is 6.39. The fourth-order valence-corrected chi connectivity index (χ4v) is 11.3. The average Bonchev–Trinajstić information content (AvgIpc) is 3.45. The van der Waals surface area contributed by atoms with E-state index in [4.69, 9.17) is 23.7 Å². The Kier molecular flexibility index (Phi) is 15.4. The third-order valence-corrected chi connectivity index (χ3v) is 14.7. The molecule has 5 aromatic rings. The van der Waals surface area contributed by atoms with Gasteiger partial charge in [-0.1, -0.05) is 11.6 Å². The van der Waals surface area contributed by atoms with Crippen LogP contribution in [0.1, 0.15) is 79.7 Å². The molecule has 66 heavy (non-hydrogen) atoms. The number of likely N-dealkylation sites (tertiary alicyclic amines) is 2. The zero-order valence-electron chi connectivity index (χ0n) is 39.3. The van der Waals surface area contributed by atoms with E-state index in [9.17, 15) is 29.7 Å². The van der Waals surface area contributed by atoms with Crippen LogP contribution in [0.25, 0.3) is 49.2 Å². The zero-order valence-corrected chi connectivity index (χ0v) is 39.3. The second-order valence-electron chi connectivity index (χ2n) is 18.6. The molecule has 5 aromatic carbocycles. The number of nitrogens with one attached hydrogen (secondary N) is 1. The number of hydrogen-bond acceptors (Lipinski definition) is 14. The first-order valence-corrected chi connectivity index (χ1v) is 23.7. The number of Topliss-reactive ketones (excluding diaryl/α,β-unsaturated/α-hetero) is 1. The fourth-order valence-electron chi connectivity index (χ4n) is 11.3. The van der Waals surface area contributed by atoms with Crippen LogP contribution in [-0.4, -0.2) is 138 Å². The summed E-state index contributed by atoms with van der Waals surface area (Å²) in [7, 11) is 4.77. The maximum atomic E-state index is 15.0. The van der Waals surface area contributed by atoms with Crippen LogP contribution < -0.4 is 20.9 Å². The van der Waals surface area contributed by atoms with E-state index in [1.807, 2.05) is 6.92 Å². The molecular weight excluding hydrogens is 843 g/mol. The highest BCUT2D eigenvalue weighted by Gasteiger charge is 2.37. The average molecular weight is 910 g/mol. The maximum absolute atomic E-state index is 15.0. The summed E-state index contributed by atoms with van der Waals surface area (Å²) in [4.78, 5) is 48.0. The molecule has 3 aliphatic rings. The van der Waals surface area contributed by atoms with Gasteiger partial charge >= 0.3 is 0 Å². The molecule has 4 N–H and O–H groups in total. The number of aromatic hydroxyl groups is 1. The molecular formula is C52H67N3O11. The lowest BCUT2D eigenvalue weighted by Gasteiger charge is -2.33. The summed E-state index contributed by atoms with van der Waals surface area (Å²) in [6.45, 7) is 12.2. The standard InChI is InChI=1S/C52H67N3O11/c1-30-24-37-36(7-6-32-8-12-54(13-9-32)16-18-65-22-20-62-3)50(53-27-33-10-14-55(15-11-33)17-19-66-23-21-63-4)44-38(59)25-34(28-56)41-42-35(29-57)26-39(60)45-47(42)48(43(37)46(41)44)49(40(30)31(2)58)52(64-5)51(45)61/h24-26,32-33,40,53,56-57,61H,6-23,27-29H2,1-5H3. The van der Waals surface area contributed by atoms with E-state index >= 15 is 0 Å². The minimum absolute atomic E-state index is 0.00647. The number of ether oxygens (including phenoxy) is 5. The van der Waals surface area contributed by atoms with Gasteiger partial charge in [0.15, 0.2) is 22.4 Å². The van der Waals surface area contributed by atoms with E-state index < -0.39 is 24.6 Å². The lowest BCUT2D eigenvalue weighted by molar-refractivity contribution is -0.117. The highest BCUT2D eigenvalue weighted by atomic mass is 16.5. The monoisotopic (exact) mass is 909 g/mol. The van der Waals surface area contributed by atoms with Crippen molar-refractivity contribution in [1.82, 2.24) is 9.80 Å². The van der Waals surface area contributed by atoms with Gasteiger partial charge in [-0.25, -0.2) is 0 Å². The number of nitrogens with zero attached hydrogens (tertiary/aromatic N) is 2. The zero-order chi connectivity index (χ0) is 46.6. The predicted molar refractivity (Wildman–Crippen MR) is 259 cm³/mol. The molecule has 2 saturated heterocycles. The summed E-state index contributed by atoms with van der Waals surface area (Å²) in [6.07, 6.45) is 7.57. The molecule has 8 rings (SSSR count). The van der Waals surface area contributed by atoms with Gasteiger partial charge in [0, 0.05) is 55.9 Å². The number of ketones is 1. The molecule has 356 valence electrons. The van der Waals surface area contributed by atoms with Gasteiger partial charge in [-0.05, 0) is 146 Å². The molecule has 0 saturated carbocycles. The molecule has 2 fully saturated rings. The first kappa shape index (κ1) is 48.0. The number of aliphatic hydroxyl groups is 2. The van der Waals surface area contributed by atoms with E-state index in [1.165, 1.54) is 26.2 Å². The van der Waals surface area contributed by atoms with Crippen molar-refractivity contribution in [1.29, 1.82) is 0 Å². The van der Waals surface area contributed by atoms with Gasteiger partial charge in [0.05, 0.1) is 76.7 Å². The Morgan fingerprint density at radius 3 is 1.79 bits per heavy atom. The van der Waals surface area contributed by atoms with Crippen LogP contribution in [0.5, 0.6) is 11.5 Å². The molecule has 1 atom stereocenters. The number of carbonyl (C=O) groups is 1. The van der Waals surface area contributed by atoms with Crippen molar-refractivity contribution in [3.05, 3.63) is 66.0 Å². The normalized spacial score (nSPS) is 17.8. The molecule has 0 spiro atoms. The lowest BCUT2D eigenvalue weighted by Crippen LogP contribution is -2.38. The number of carbonyl (C=O) groups excluding carboxylic acids is 1. The van der Waals surface area contributed by atoms with E-state index in [2.05, 4.69) is 21.2 Å². The fraction of sp³-hybridized carbons (Fsp3) is 0.558. The Morgan fingerprint density at radius 1 is 0.712 bits per heavy atom. The highest BCUT2D eigenvalue weighted by Crippen LogP contribution is 2.56. The van der Waals surface area contributed by atoms with Gasteiger partial charge in [0.1, 0.15) is 5.78 Å². The van der Waals surface area contributed by atoms with E-state index in [1.54, 1.807) is 14.2 Å². The third-order valence-electron chi connectivity index (χ3n) is 14.7. The van der Waals surface area contributed by atoms with Crippen LogP contribution in [0.3, 0.4) is 0 Å². The minimum Gasteiger partial charge on any atom is -0.504 e. The summed E-state index contributed by atoms with van der Waals surface area (Å²) >= 11 is 0. The number of anilines is 1. The Labute approximate surface area is 386 Å². The van der Waals surface area contributed by atoms with Gasteiger partial charge in [0.25, 0.3) is 0 Å². The first-order chi connectivity index (χ1) is 32.1. The molecule has 1 unspecified atom stereocenters. The molecule has 1 aliphatic carbocycles. The summed E-state index contributed by atoms with van der Waals surface area (Å²) in [5.41, 5.74) is 3.62. The molecule has 14 heteroatoms. The van der Waals surface area contributed by atoms with Crippen molar-refractivity contribution in [2.45, 2.75) is 71.5 Å². The van der Waals surface area contributed by atoms with Crippen LogP contribution in [-0.2, 0) is 43.4 Å². The molecule has 2 aliphatic heterocycles. The number of phenolic OH excluding ortho intramolecular Hbond substituents is 1. The third kappa shape index (κ3) is 9.11. The minimum atomic E-state index is -0.856. The van der Waals surface area contributed by atoms with Gasteiger partial charge in [0.2, 0.25) is 0 Å². The summed E-state index contributed by atoms with van der Waals surface area (Å²) in [5, 5.41) is 41.7. The number of aliphatic hydroxyl groups excluding tert-OH is 2. The summed E-state index contributed by atoms with van der Waals surface area (Å²) in [5.74, 6) is -0.619. The number of methoxy groups -OCH3 is 3. The number of allylic oxidation sites excluding steroid dienone is 1. The molecule has 14 nitrogen and oxygen atoms in total. The number of fused-ring (bicyclic) bond motifs is 1. The maximum Gasteiger partial charge on any atom is 0.190 e. The Bertz CT molecular complexity index is 2690. The predicted octanol–water partition coefficient (Wildman–Crippen LogP) is 5.78. The lowest BCUT2D eigenvalue weighted by atomic mass is 9.78. The van der Waals surface area contributed by atoms with Crippen LogP contribution in [0.15, 0.2) is 27.3 Å². The smallest absolute Gasteiger partial charge is 0.190 e. The first-order valence-electron chi connectivity index (χ1n) is 23.7. The molecule has 0 aromatic heterocycles. The Morgan fingerprint density at radius 2 is 1.26 bits per heavy atom. The number of benzene rings is 5. The van der Waals surface area contributed by atoms with Gasteiger partial charge in [-0.15, -0.1) is 0 Å². The van der Waals surface area contributed by atoms with E-state index in [-0.39, 0.29) is 28.1 Å². The Hall–Kier alpha value is -4.51. The quantitative estimate of drug-likeness (QED) is 0.0374. The van der Waals surface area contributed by atoms with Gasteiger partial charge < -0.3 is 54.1 Å². The topological polar surface area (TPSA) is 177 Å². The molecule has 2 heterocycles. The number of phenols is 1. The van der Waals surface area contributed by atoms with E-state index in [0.29, 0.717) is 119 Å². The van der Waals surface area contributed by atoms with Crippen molar-refractivity contribution >= 4 is 60.6 Å². The number of hydrogen-bond donors (Lipinski definition) is 4. The van der Waals surface area contributed by atoms with Crippen LogP contribution in [0.4, 0.5) is 5.69 Å². The van der Waals surface area contributed by atoms with Crippen molar-refractivity contribution in [2.24, 2.45) is 11.8 Å². The van der Waals surface area contributed by atoms with Crippen molar-refractivity contribution in [2.75, 3.05) is 112 Å². The second kappa shape index (κ2) is 21.2. The van der Waals surface area contributed by atoms with Crippen LogP contribution >= 0.6 is 0 Å². The van der Waals surface area contributed by atoms with Crippen molar-refractivity contribution < 1.29 is 43.8 Å². The SMILES string of the molecule is COCCOCCN1CCC(CCc2c(NCC3CCN(CCOCCOC)CC3)c3c(=O)cc(CO)c4c5c(CO)cc(=O)c6c(O)c(OC)c7c(c(c2C=C(C)C7C(C)=O)c34)c65)CC1. The van der Waals surface area contributed by atoms with Crippen LogP contribution in [0, 0.1) is 11.8 Å². The summed E-state index contributed by atoms with van der Waals surface area (Å²) < 4.78 is 27.7. The number of piperidine rings is 2. The second-order valence-corrected chi connectivity index (χ2v) is 18.6. The van der Waals surface area contributed by atoms with Gasteiger partial charge in [-0.2, -0.15) is 0 Å². The summed E-state index contributed by atoms with van der Waals surface area (Å²) in [6, 6.07) is 2.81. The largest absolute Gasteiger partial charge is 0.504 e. The molecule has 0 radical (unpaired) electrons. The van der Waals surface area contributed by atoms with E-state index in [0.717, 1.165) is 93.8 Å². The van der Waals surface area contributed by atoms with Crippen molar-refractivity contribution in [3.8, 4) is 11.5 Å². The molecule has 0 bridgehead atoms. The number of rotatable bonds is 22.